The maximum absolute atomic E-state index is 5.10. The van der Waals surface area contributed by atoms with E-state index in [2.05, 4.69) is 37.9 Å². The van der Waals surface area contributed by atoms with E-state index in [9.17, 15) is 0 Å². The van der Waals surface area contributed by atoms with E-state index in [-0.39, 0.29) is 0 Å². The average Bonchev–Trinajstić information content (AvgIpc) is 3.76. The molecule has 0 atom stereocenters. The fourth-order valence-corrected chi connectivity index (χ4v) is 6.48. The molecule has 38 heavy (non-hydrogen) atoms. The fraction of sp³-hybridized carbons (Fsp3) is 0.192. The van der Waals surface area contributed by atoms with Gasteiger partial charge in [-0.25, -0.2) is 19.9 Å². The maximum atomic E-state index is 5.10. The first kappa shape index (κ1) is 27.6. The van der Waals surface area contributed by atoms with E-state index in [1.807, 2.05) is 74.9 Å². The molecule has 0 amide bonds. The van der Waals surface area contributed by atoms with Gasteiger partial charge < -0.3 is 15.5 Å². The molecule has 6 rings (SSSR count). The van der Waals surface area contributed by atoms with Crippen molar-refractivity contribution in [2.75, 3.05) is 17.7 Å². The van der Waals surface area contributed by atoms with Gasteiger partial charge in [-0.2, -0.15) is 0 Å². The molecule has 8 nitrogen and oxygen atoms in total. The van der Waals surface area contributed by atoms with Crippen LogP contribution in [0.25, 0.3) is 20.4 Å². The predicted molar refractivity (Wildman–Crippen MR) is 165 cm³/mol. The molecule has 0 aliphatic carbocycles. The van der Waals surface area contributed by atoms with Crippen molar-refractivity contribution in [1.29, 1.82) is 0 Å². The van der Waals surface area contributed by atoms with E-state index in [0.29, 0.717) is 17.1 Å². The van der Waals surface area contributed by atoms with Crippen molar-refractivity contribution in [3.05, 3.63) is 70.7 Å². The summed E-state index contributed by atoms with van der Waals surface area (Å²) < 4.78 is 2.25. The lowest BCUT2D eigenvalue weighted by atomic mass is 10.2. The number of rotatable bonds is 7. The molecular weight excluding hydrogens is 555 g/mol. The highest BCUT2D eigenvalue weighted by Gasteiger charge is 2.17. The monoisotopic (exact) mass is 581 g/mol. The number of hydrogen-bond acceptors (Lipinski definition) is 12. The normalized spacial score (nSPS) is 10.2. The predicted octanol–water partition coefficient (Wildman–Crippen LogP) is 8.76. The molecule has 0 bridgehead atoms. The van der Waals surface area contributed by atoms with Crippen LogP contribution in [0.1, 0.15) is 39.1 Å². The topological polar surface area (TPSA) is 97.2 Å². The van der Waals surface area contributed by atoms with Gasteiger partial charge in [-0.1, -0.05) is 79.8 Å². The summed E-state index contributed by atoms with van der Waals surface area (Å²) in [4.78, 5) is 23.7. The third kappa shape index (κ3) is 6.33. The Morgan fingerprint density at radius 3 is 1.53 bits per heavy atom. The molecule has 0 aliphatic rings. The standard InChI is InChI=1S/C22H15N7OS4.2C2H6/c1-30-29-18(14-10-31-19(25-14)27-21-23-12-6-2-4-8-16(12)33-21)15-11-32-20(26-15)28-22-24-13-7-3-5-9-17(13)34-22;2*1-2/h2-11H,1H3,(H,23,25,27)(H,24,26,28);2*1-2H3. The van der Waals surface area contributed by atoms with E-state index in [1.165, 1.54) is 29.8 Å². The summed E-state index contributed by atoms with van der Waals surface area (Å²) in [6, 6.07) is 16.1. The van der Waals surface area contributed by atoms with E-state index >= 15 is 0 Å². The summed E-state index contributed by atoms with van der Waals surface area (Å²) in [5.74, 6) is 0. The third-order valence-electron chi connectivity index (χ3n) is 4.69. The molecule has 0 saturated carbocycles. The number of hydrogen-bond donors (Lipinski definition) is 2. The second-order valence-electron chi connectivity index (χ2n) is 6.92. The van der Waals surface area contributed by atoms with Crippen LogP contribution in [0.4, 0.5) is 20.5 Å². The molecule has 0 fully saturated rings. The highest BCUT2D eigenvalue weighted by Crippen LogP contribution is 2.31. The number of aromatic nitrogens is 4. The molecule has 0 aliphatic heterocycles. The summed E-state index contributed by atoms with van der Waals surface area (Å²) in [5.41, 5.74) is 3.83. The molecule has 196 valence electrons. The van der Waals surface area contributed by atoms with Gasteiger partial charge in [0.25, 0.3) is 0 Å². The quantitative estimate of drug-likeness (QED) is 0.144. The van der Waals surface area contributed by atoms with Crippen molar-refractivity contribution in [3.63, 3.8) is 0 Å². The van der Waals surface area contributed by atoms with Crippen molar-refractivity contribution in [3.8, 4) is 0 Å². The zero-order valence-corrected chi connectivity index (χ0v) is 24.8. The van der Waals surface area contributed by atoms with Gasteiger partial charge in [-0.05, 0) is 24.3 Å². The Hall–Kier alpha value is -3.45. The maximum Gasteiger partial charge on any atom is 0.190 e. The molecule has 4 aromatic heterocycles. The number of nitrogens with zero attached hydrogens (tertiary/aromatic N) is 5. The van der Waals surface area contributed by atoms with E-state index in [4.69, 9.17) is 14.8 Å². The number of fused-ring (bicyclic) bond motifs is 2. The Morgan fingerprint density at radius 1 is 0.658 bits per heavy atom. The van der Waals surface area contributed by atoms with Gasteiger partial charge in [0.05, 0.1) is 20.4 Å². The molecule has 0 saturated heterocycles. The molecule has 4 heterocycles. The highest BCUT2D eigenvalue weighted by atomic mass is 32.1. The Kier molecular flexibility index (Phi) is 9.71. The van der Waals surface area contributed by atoms with Gasteiger partial charge in [0.2, 0.25) is 0 Å². The smallest absolute Gasteiger partial charge is 0.190 e. The number of thiazole rings is 4. The van der Waals surface area contributed by atoms with Crippen LogP contribution in [0.3, 0.4) is 0 Å². The van der Waals surface area contributed by atoms with Crippen molar-refractivity contribution < 1.29 is 4.84 Å². The van der Waals surface area contributed by atoms with Crippen molar-refractivity contribution in [2.24, 2.45) is 5.16 Å². The summed E-state index contributed by atoms with van der Waals surface area (Å²) in [7, 11) is 1.51. The Morgan fingerprint density at radius 2 is 1.11 bits per heavy atom. The molecule has 0 unspecified atom stereocenters. The highest BCUT2D eigenvalue weighted by molar-refractivity contribution is 7.23. The minimum absolute atomic E-state index is 0.560. The van der Waals surface area contributed by atoms with Crippen molar-refractivity contribution in [1.82, 2.24) is 19.9 Å². The number of benzene rings is 2. The van der Waals surface area contributed by atoms with Crippen molar-refractivity contribution in [2.45, 2.75) is 27.7 Å². The van der Waals surface area contributed by atoms with Crippen LogP contribution < -0.4 is 10.6 Å². The van der Waals surface area contributed by atoms with E-state index in [0.717, 1.165) is 41.0 Å². The lowest BCUT2D eigenvalue weighted by molar-refractivity contribution is 0.214. The van der Waals surface area contributed by atoms with Crippen LogP contribution in [-0.4, -0.2) is 32.8 Å². The second kappa shape index (κ2) is 13.4. The lowest BCUT2D eigenvalue weighted by Gasteiger charge is -2.00. The SMILES string of the molecule is CC.CC.CON=C(c1csc(Nc2nc3ccccc3s2)n1)c1csc(Nc2nc3ccccc3s2)n1. The van der Waals surface area contributed by atoms with Crippen LogP contribution in [0, 0.1) is 0 Å². The number of para-hydroxylation sites is 2. The zero-order valence-electron chi connectivity index (χ0n) is 21.6. The molecule has 2 N–H and O–H groups in total. The molecule has 12 heteroatoms. The molecular formula is C26H27N7OS4. The number of nitrogens with one attached hydrogen (secondary N) is 2. The van der Waals surface area contributed by atoms with Crippen LogP contribution in [-0.2, 0) is 4.84 Å². The lowest BCUT2D eigenvalue weighted by Crippen LogP contribution is -2.06. The first-order valence-corrected chi connectivity index (χ1v) is 15.4. The van der Waals surface area contributed by atoms with Crippen LogP contribution in [0.2, 0.25) is 0 Å². The van der Waals surface area contributed by atoms with Gasteiger partial charge >= 0.3 is 0 Å². The summed E-state index contributed by atoms with van der Waals surface area (Å²) in [5, 5.41) is 17.7. The molecule has 6 aromatic rings. The number of oxime groups is 1. The summed E-state index contributed by atoms with van der Waals surface area (Å²) in [6.45, 7) is 8.00. The summed E-state index contributed by atoms with van der Waals surface area (Å²) in [6.07, 6.45) is 0. The molecule has 2 aromatic carbocycles. The van der Waals surface area contributed by atoms with Gasteiger partial charge in [-0.3, -0.25) is 0 Å². The Labute approximate surface area is 237 Å². The molecule has 0 spiro atoms. The first-order chi connectivity index (χ1) is 18.7. The largest absolute Gasteiger partial charge is 0.399 e. The van der Waals surface area contributed by atoms with E-state index < -0.39 is 0 Å². The van der Waals surface area contributed by atoms with Gasteiger partial charge in [0.1, 0.15) is 18.5 Å². The minimum atomic E-state index is 0.560. The third-order valence-corrected chi connectivity index (χ3v) is 8.11. The van der Waals surface area contributed by atoms with Gasteiger partial charge in [0.15, 0.2) is 26.2 Å². The fourth-order valence-electron chi connectivity index (χ4n) is 3.23. The van der Waals surface area contributed by atoms with Crippen LogP contribution >= 0.6 is 45.3 Å². The Balaban J connectivity index is 0.000000804. The van der Waals surface area contributed by atoms with Crippen molar-refractivity contribution >= 4 is 92.0 Å². The first-order valence-electron chi connectivity index (χ1n) is 12.0. The van der Waals surface area contributed by atoms with Gasteiger partial charge in [-0.15, -0.1) is 22.7 Å². The number of anilines is 4. The van der Waals surface area contributed by atoms with Crippen LogP contribution in [0.15, 0.2) is 64.4 Å². The van der Waals surface area contributed by atoms with Gasteiger partial charge in [0, 0.05) is 10.8 Å². The second-order valence-corrected chi connectivity index (χ2v) is 10.7. The Bertz CT molecular complexity index is 1450. The minimum Gasteiger partial charge on any atom is -0.399 e. The zero-order chi connectivity index (χ0) is 26.9. The summed E-state index contributed by atoms with van der Waals surface area (Å²) >= 11 is 6.12. The molecule has 0 radical (unpaired) electrons. The van der Waals surface area contributed by atoms with E-state index in [1.54, 1.807) is 22.7 Å². The van der Waals surface area contributed by atoms with Crippen LogP contribution in [0.5, 0.6) is 0 Å². The average molecular weight is 582 g/mol.